The number of hydrogen-bond donors (Lipinski definition) is 0. The zero-order valence-electron chi connectivity index (χ0n) is 15.2. The lowest BCUT2D eigenvalue weighted by Crippen LogP contribution is -2.04. The number of Topliss-reactive ketones (excluding diaryl/α,β-unsaturated/α-hetero) is 1. The topological polar surface area (TPSA) is 56.0 Å². The molecule has 3 rings (SSSR count). The van der Waals surface area contributed by atoms with Crippen LogP contribution < -0.4 is 0 Å². The molecule has 0 radical (unpaired) electrons. The molecule has 0 spiro atoms. The van der Waals surface area contributed by atoms with E-state index in [4.69, 9.17) is 4.42 Å². The Balaban J connectivity index is 1.57. The summed E-state index contributed by atoms with van der Waals surface area (Å²) in [5, 5.41) is 8.61. The van der Waals surface area contributed by atoms with Crippen LogP contribution in [0.4, 0.5) is 0 Å². The molecule has 0 saturated carbocycles. The number of ketones is 1. The van der Waals surface area contributed by atoms with E-state index in [1.165, 1.54) is 17.3 Å². The SMILES string of the molecule is Cc1ccc(C(=O)CSc2nnc(CC(C)c3ccccc3)o2)c(C)c1. The Hall–Kier alpha value is -2.40. The minimum atomic E-state index is 0.0740. The highest BCUT2D eigenvalue weighted by molar-refractivity contribution is 7.99. The third-order valence-electron chi connectivity index (χ3n) is 4.31. The third kappa shape index (κ3) is 4.61. The van der Waals surface area contributed by atoms with Gasteiger partial charge in [0.15, 0.2) is 5.78 Å². The van der Waals surface area contributed by atoms with E-state index in [-0.39, 0.29) is 5.78 Å². The fourth-order valence-electron chi connectivity index (χ4n) is 2.87. The summed E-state index contributed by atoms with van der Waals surface area (Å²) < 4.78 is 5.70. The minimum Gasteiger partial charge on any atom is -0.416 e. The molecule has 0 aliphatic carbocycles. The van der Waals surface area contributed by atoms with Crippen molar-refractivity contribution < 1.29 is 9.21 Å². The van der Waals surface area contributed by atoms with Crippen molar-refractivity contribution in [3.8, 4) is 0 Å². The van der Waals surface area contributed by atoms with Crippen LogP contribution in [0, 0.1) is 13.8 Å². The van der Waals surface area contributed by atoms with Crippen LogP contribution in [0.2, 0.25) is 0 Å². The van der Waals surface area contributed by atoms with E-state index in [9.17, 15) is 4.79 Å². The molecule has 1 atom stereocenters. The molecule has 2 aromatic carbocycles. The first-order valence-corrected chi connectivity index (χ1v) is 9.62. The maximum absolute atomic E-state index is 12.4. The van der Waals surface area contributed by atoms with Crippen molar-refractivity contribution in [2.45, 2.75) is 38.3 Å². The quantitative estimate of drug-likeness (QED) is 0.435. The minimum absolute atomic E-state index is 0.0740. The Bertz CT molecular complexity index is 890. The van der Waals surface area contributed by atoms with Gasteiger partial charge >= 0.3 is 0 Å². The van der Waals surface area contributed by atoms with Crippen molar-refractivity contribution in [3.05, 3.63) is 76.7 Å². The van der Waals surface area contributed by atoms with Gasteiger partial charge < -0.3 is 4.42 Å². The maximum Gasteiger partial charge on any atom is 0.277 e. The molecule has 0 saturated heterocycles. The standard InChI is InChI=1S/C21H22N2O2S/c1-14-9-10-18(16(3)11-14)19(24)13-26-21-23-22-20(25-21)12-15(2)17-7-5-4-6-8-17/h4-11,15H,12-13H2,1-3H3. The van der Waals surface area contributed by atoms with E-state index in [1.807, 2.05) is 50.2 Å². The third-order valence-corrected chi connectivity index (χ3v) is 5.13. The molecular weight excluding hydrogens is 344 g/mol. The first-order valence-electron chi connectivity index (χ1n) is 8.63. The van der Waals surface area contributed by atoms with E-state index in [2.05, 4.69) is 29.3 Å². The zero-order chi connectivity index (χ0) is 18.5. The van der Waals surface area contributed by atoms with Crippen molar-refractivity contribution in [2.24, 2.45) is 0 Å². The van der Waals surface area contributed by atoms with Crippen LogP contribution >= 0.6 is 11.8 Å². The van der Waals surface area contributed by atoms with Crippen LogP contribution in [0.5, 0.6) is 0 Å². The monoisotopic (exact) mass is 366 g/mol. The van der Waals surface area contributed by atoms with Crippen LogP contribution in [-0.4, -0.2) is 21.7 Å². The molecule has 0 bridgehead atoms. The number of benzene rings is 2. The lowest BCUT2D eigenvalue weighted by Gasteiger charge is -2.08. The molecule has 0 N–H and O–H groups in total. The smallest absolute Gasteiger partial charge is 0.277 e. The van der Waals surface area contributed by atoms with Crippen LogP contribution in [0.1, 0.15) is 45.8 Å². The van der Waals surface area contributed by atoms with Gasteiger partial charge in [0.25, 0.3) is 5.22 Å². The van der Waals surface area contributed by atoms with Crippen LogP contribution in [-0.2, 0) is 6.42 Å². The lowest BCUT2D eigenvalue weighted by molar-refractivity contribution is 0.102. The molecule has 26 heavy (non-hydrogen) atoms. The second kappa shape index (κ2) is 8.32. The van der Waals surface area contributed by atoms with Gasteiger partial charge in [-0.25, -0.2) is 0 Å². The highest BCUT2D eigenvalue weighted by Gasteiger charge is 2.15. The average Bonchev–Trinajstić information content (AvgIpc) is 3.08. The molecule has 0 fully saturated rings. The van der Waals surface area contributed by atoms with Crippen LogP contribution in [0.15, 0.2) is 58.2 Å². The molecule has 1 aromatic heterocycles. The van der Waals surface area contributed by atoms with Gasteiger partial charge in [-0.2, -0.15) is 0 Å². The van der Waals surface area contributed by atoms with E-state index in [0.29, 0.717) is 29.2 Å². The summed E-state index contributed by atoms with van der Waals surface area (Å²) in [5.74, 6) is 1.26. The van der Waals surface area contributed by atoms with E-state index < -0.39 is 0 Å². The molecule has 0 aliphatic rings. The number of aryl methyl sites for hydroxylation is 2. The predicted octanol–water partition coefficient (Wildman–Crippen LogP) is 5.01. The molecule has 5 heteroatoms. The number of nitrogens with zero attached hydrogens (tertiary/aromatic N) is 2. The summed E-state index contributed by atoms with van der Waals surface area (Å²) in [6.07, 6.45) is 0.683. The number of hydrogen-bond acceptors (Lipinski definition) is 5. The largest absolute Gasteiger partial charge is 0.416 e. The summed E-state index contributed by atoms with van der Waals surface area (Å²) in [6.45, 7) is 6.11. The fourth-order valence-corrected chi connectivity index (χ4v) is 3.54. The van der Waals surface area contributed by atoms with E-state index >= 15 is 0 Å². The zero-order valence-corrected chi connectivity index (χ0v) is 16.0. The summed E-state index contributed by atoms with van der Waals surface area (Å²) in [4.78, 5) is 12.4. The summed E-state index contributed by atoms with van der Waals surface area (Å²) in [6, 6.07) is 16.1. The molecule has 0 amide bonds. The van der Waals surface area contributed by atoms with Gasteiger partial charge in [0.05, 0.1) is 5.75 Å². The van der Waals surface area contributed by atoms with E-state index in [1.54, 1.807) is 0 Å². The molecule has 1 unspecified atom stereocenters. The number of aromatic nitrogens is 2. The van der Waals surface area contributed by atoms with Gasteiger partial charge in [-0.3, -0.25) is 4.79 Å². The van der Waals surface area contributed by atoms with Crippen molar-refractivity contribution >= 4 is 17.5 Å². The van der Waals surface area contributed by atoms with Crippen LogP contribution in [0.25, 0.3) is 0 Å². The normalized spacial score (nSPS) is 12.1. The fraction of sp³-hybridized carbons (Fsp3) is 0.286. The van der Waals surface area contributed by atoms with Crippen LogP contribution in [0.3, 0.4) is 0 Å². The van der Waals surface area contributed by atoms with Gasteiger partial charge in [-0.1, -0.05) is 72.8 Å². The van der Waals surface area contributed by atoms with E-state index in [0.717, 1.165) is 16.7 Å². The molecule has 4 nitrogen and oxygen atoms in total. The Morgan fingerprint density at radius 2 is 1.88 bits per heavy atom. The first kappa shape index (κ1) is 18.4. The number of thioether (sulfide) groups is 1. The second-order valence-corrected chi connectivity index (χ2v) is 7.43. The van der Waals surface area contributed by atoms with Crippen molar-refractivity contribution in [1.29, 1.82) is 0 Å². The van der Waals surface area contributed by atoms with Gasteiger partial charge in [-0.15, -0.1) is 10.2 Å². The van der Waals surface area contributed by atoms with Gasteiger partial charge in [0.1, 0.15) is 0 Å². The Morgan fingerprint density at radius 3 is 2.62 bits per heavy atom. The highest BCUT2D eigenvalue weighted by atomic mass is 32.2. The number of carbonyl (C=O) groups is 1. The molecule has 0 aliphatic heterocycles. The highest BCUT2D eigenvalue weighted by Crippen LogP contribution is 2.23. The van der Waals surface area contributed by atoms with Gasteiger partial charge in [-0.05, 0) is 30.9 Å². The Kier molecular flexibility index (Phi) is 5.89. The van der Waals surface area contributed by atoms with Crippen molar-refractivity contribution in [1.82, 2.24) is 10.2 Å². The first-order chi connectivity index (χ1) is 12.5. The summed E-state index contributed by atoms with van der Waals surface area (Å²) in [5.41, 5.74) is 4.14. The van der Waals surface area contributed by atoms with Crippen molar-refractivity contribution in [3.63, 3.8) is 0 Å². The van der Waals surface area contributed by atoms with Crippen molar-refractivity contribution in [2.75, 3.05) is 5.75 Å². The molecule has 3 aromatic rings. The predicted molar refractivity (Wildman–Crippen MR) is 104 cm³/mol. The molecular formula is C21H22N2O2S. The molecule has 1 heterocycles. The summed E-state index contributed by atoms with van der Waals surface area (Å²) >= 11 is 1.29. The molecule has 134 valence electrons. The Morgan fingerprint density at radius 1 is 1.12 bits per heavy atom. The summed E-state index contributed by atoms with van der Waals surface area (Å²) in [7, 11) is 0. The number of carbonyl (C=O) groups excluding carboxylic acids is 1. The Labute approximate surface area is 158 Å². The lowest BCUT2D eigenvalue weighted by atomic mass is 9.98. The maximum atomic E-state index is 12.4. The number of rotatable bonds is 7. The van der Waals surface area contributed by atoms with Gasteiger partial charge in [0, 0.05) is 12.0 Å². The second-order valence-electron chi connectivity index (χ2n) is 6.51. The average molecular weight is 366 g/mol. The van der Waals surface area contributed by atoms with Gasteiger partial charge in [0.2, 0.25) is 5.89 Å².